The highest BCUT2D eigenvalue weighted by Gasteiger charge is 2.30. The van der Waals surface area contributed by atoms with Crippen LogP contribution in [0.15, 0.2) is 0 Å². The van der Waals surface area contributed by atoms with Crippen LogP contribution in [0.2, 0.25) is 0 Å². The van der Waals surface area contributed by atoms with Gasteiger partial charge in [0.2, 0.25) is 11.8 Å². The summed E-state index contributed by atoms with van der Waals surface area (Å²) < 4.78 is 0. The first-order valence-electron chi connectivity index (χ1n) is 5.42. The Bertz CT molecular complexity index is 377. The highest BCUT2D eigenvalue weighted by molar-refractivity contribution is 6.02. The van der Waals surface area contributed by atoms with Gasteiger partial charge in [0.25, 0.3) is 0 Å². The van der Waals surface area contributed by atoms with Crippen LogP contribution in [0.4, 0.5) is 4.79 Å². The van der Waals surface area contributed by atoms with Gasteiger partial charge >= 0.3 is 12.0 Å². The second-order valence-electron chi connectivity index (χ2n) is 4.34. The predicted octanol–water partition coefficient (Wildman–Crippen LogP) is -1.24. The SMILES string of the molecule is CC(C)C(NC(=O)N1CC(=O)NC(=O)C1)C(=O)O. The molecule has 1 rings (SSSR count). The molecule has 0 aromatic carbocycles. The molecule has 1 saturated heterocycles. The van der Waals surface area contributed by atoms with Gasteiger partial charge in [-0.25, -0.2) is 9.59 Å². The zero-order valence-corrected chi connectivity index (χ0v) is 10.1. The Balaban J connectivity index is 2.66. The third-order valence-corrected chi connectivity index (χ3v) is 2.45. The summed E-state index contributed by atoms with van der Waals surface area (Å²) in [5.41, 5.74) is 0. The summed E-state index contributed by atoms with van der Waals surface area (Å²) in [6.45, 7) is 2.77. The first-order chi connectivity index (χ1) is 8.31. The quantitative estimate of drug-likeness (QED) is 0.547. The zero-order chi connectivity index (χ0) is 13.9. The van der Waals surface area contributed by atoms with Crippen LogP contribution in [-0.4, -0.2) is 53.0 Å². The molecule has 100 valence electrons. The first-order valence-corrected chi connectivity index (χ1v) is 5.42. The molecule has 18 heavy (non-hydrogen) atoms. The first kappa shape index (κ1) is 13.9. The van der Waals surface area contributed by atoms with E-state index in [2.05, 4.69) is 5.32 Å². The standard InChI is InChI=1S/C10H15N3O5/c1-5(2)8(9(16)17)12-10(18)13-3-6(14)11-7(15)4-13/h5,8H,3-4H2,1-2H3,(H,12,18)(H,16,17)(H,11,14,15). The van der Waals surface area contributed by atoms with E-state index in [1.54, 1.807) is 13.8 Å². The van der Waals surface area contributed by atoms with Crippen molar-refractivity contribution in [3.63, 3.8) is 0 Å². The molecule has 1 fully saturated rings. The molecule has 0 aliphatic carbocycles. The van der Waals surface area contributed by atoms with E-state index < -0.39 is 29.9 Å². The van der Waals surface area contributed by atoms with Gasteiger partial charge in [-0.15, -0.1) is 0 Å². The molecular weight excluding hydrogens is 242 g/mol. The Morgan fingerprint density at radius 3 is 2.17 bits per heavy atom. The molecule has 1 unspecified atom stereocenters. The van der Waals surface area contributed by atoms with Crippen LogP contribution in [0.3, 0.4) is 0 Å². The number of hydrogen-bond acceptors (Lipinski definition) is 4. The van der Waals surface area contributed by atoms with E-state index in [9.17, 15) is 19.2 Å². The number of carbonyl (C=O) groups excluding carboxylic acids is 3. The van der Waals surface area contributed by atoms with E-state index >= 15 is 0 Å². The van der Waals surface area contributed by atoms with E-state index in [1.165, 1.54) is 0 Å². The van der Waals surface area contributed by atoms with E-state index in [-0.39, 0.29) is 19.0 Å². The van der Waals surface area contributed by atoms with Gasteiger partial charge in [0, 0.05) is 0 Å². The molecule has 0 saturated carbocycles. The molecule has 0 bridgehead atoms. The van der Waals surface area contributed by atoms with E-state index in [0.717, 1.165) is 4.90 Å². The van der Waals surface area contributed by atoms with Crippen LogP contribution < -0.4 is 10.6 Å². The third-order valence-electron chi connectivity index (χ3n) is 2.45. The van der Waals surface area contributed by atoms with E-state index in [4.69, 9.17) is 5.11 Å². The fraction of sp³-hybridized carbons (Fsp3) is 0.600. The number of carbonyl (C=O) groups is 4. The average molecular weight is 257 g/mol. The predicted molar refractivity (Wildman–Crippen MR) is 59.5 cm³/mol. The Labute approximate surface area is 103 Å². The molecule has 8 nitrogen and oxygen atoms in total. The van der Waals surface area contributed by atoms with Gasteiger partial charge < -0.3 is 15.3 Å². The number of urea groups is 1. The van der Waals surface area contributed by atoms with Gasteiger partial charge in [-0.05, 0) is 5.92 Å². The molecule has 1 aliphatic heterocycles. The Morgan fingerprint density at radius 1 is 1.28 bits per heavy atom. The van der Waals surface area contributed by atoms with Crippen LogP contribution in [0.1, 0.15) is 13.8 Å². The van der Waals surface area contributed by atoms with Gasteiger partial charge in [0.15, 0.2) is 0 Å². The van der Waals surface area contributed by atoms with Gasteiger partial charge in [0.1, 0.15) is 19.1 Å². The minimum atomic E-state index is -1.16. The molecular formula is C10H15N3O5. The van der Waals surface area contributed by atoms with Crippen molar-refractivity contribution in [2.75, 3.05) is 13.1 Å². The van der Waals surface area contributed by atoms with Crippen molar-refractivity contribution in [2.45, 2.75) is 19.9 Å². The van der Waals surface area contributed by atoms with Gasteiger partial charge in [0.05, 0.1) is 0 Å². The van der Waals surface area contributed by atoms with Crippen molar-refractivity contribution in [1.82, 2.24) is 15.5 Å². The summed E-state index contributed by atoms with van der Waals surface area (Å²) in [5.74, 6) is -2.64. The molecule has 1 atom stereocenters. The Kier molecular flexibility index (Phi) is 4.24. The number of piperazine rings is 1. The maximum absolute atomic E-state index is 11.7. The molecule has 4 amide bonds. The van der Waals surface area contributed by atoms with Crippen LogP contribution in [0.5, 0.6) is 0 Å². The fourth-order valence-electron chi connectivity index (χ4n) is 1.52. The summed E-state index contributed by atoms with van der Waals surface area (Å²) in [5, 5.41) is 13.2. The molecule has 3 N–H and O–H groups in total. The summed E-state index contributed by atoms with van der Waals surface area (Å²) in [6.07, 6.45) is 0. The molecule has 0 aromatic rings. The van der Waals surface area contributed by atoms with Crippen molar-refractivity contribution < 1.29 is 24.3 Å². The third kappa shape index (κ3) is 3.44. The summed E-state index contributed by atoms with van der Waals surface area (Å²) in [4.78, 5) is 45.8. The second-order valence-corrected chi connectivity index (χ2v) is 4.34. The maximum atomic E-state index is 11.7. The van der Waals surface area contributed by atoms with E-state index in [1.807, 2.05) is 5.32 Å². The summed E-state index contributed by atoms with van der Waals surface area (Å²) in [7, 11) is 0. The molecule has 0 spiro atoms. The van der Waals surface area contributed by atoms with Crippen molar-refractivity contribution in [3.8, 4) is 0 Å². The minimum absolute atomic E-state index is 0.262. The monoisotopic (exact) mass is 257 g/mol. The lowest BCUT2D eigenvalue weighted by molar-refractivity contribution is -0.140. The molecule has 0 radical (unpaired) electrons. The van der Waals surface area contributed by atoms with Crippen LogP contribution in [0.25, 0.3) is 0 Å². The van der Waals surface area contributed by atoms with Crippen molar-refractivity contribution in [3.05, 3.63) is 0 Å². The number of carboxylic acids is 1. The Morgan fingerprint density at radius 2 is 1.78 bits per heavy atom. The molecule has 8 heteroatoms. The maximum Gasteiger partial charge on any atom is 0.326 e. The van der Waals surface area contributed by atoms with Crippen molar-refractivity contribution in [2.24, 2.45) is 5.92 Å². The van der Waals surface area contributed by atoms with Crippen molar-refractivity contribution in [1.29, 1.82) is 0 Å². The van der Waals surface area contributed by atoms with Crippen LogP contribution >= 0.6 is 0 Å². The minimum Gasteiger partial charge on any atom is -0.480 e. The smallest absolute Gasteiger partial charge is 0.326 e. The van der Waals surface area contributed by atoms with E-state index in [0.29, 0.717) is 0 Å². The lowest BCUT2D eigenvalue weighted by atomic mass is 10.1. The highest BCUT2D eigenvalue weighted by atomic mass is 16.4. The average Bonchev–Trinajstić information content (AvgIpc) is 2.23. The largest absolute Gasteiger partial charge is 0.480 e. The number of amides is 4. The van der Waals surface area contributed by atoms with Crippen LogP contribution in [0, 0.1) is 5.92 Å². The fourth-order valence-corrected chi connectivity index (χ4v) is 1.52. The number of rotatable bonds is 3. The normalized spacial score (nSPS) is 17.4. The molecule has 1 heterocycles. The second kappa shape index (κ2) is 5.48. The van der Waals surface area contributed by atoms with Crippen molar-refractivity contribution >= 4 is 23.8 Å². The topological polar surface area (TPSA) is 116 Å². The lowest BCUT2D eigenvalue weighted by Crippen LogP contribution is -2.58. The summed E-state index contributed by atoms with van der Waals surface area (Å²) >= 11 is 0. The number of carboxylic acid groups (broad SMARTS) is 1. The number of aliphatic carboxylic acids is 1. The summed E-state index contributed by atoms with van der Waals surface area (Å²) in [6, 6.07) is -1.79. The highest BCUT2D eigenvalue weighted by Crippen LogP contribution is 2.04. The zero-order valence-electron chi connectivity index (χ0n) is 10.1. The van der Waals surface area contributed by atoms with Gasteiger partial charge in [-0.1, -0.05) is 13.8 Å². The number of nitrogens with one attached hydrogen (secondary N) is 2. The number of hydrogen-bond donors (Lipinski definition) is 3. The van der Waals surface area contributed by atoms with Crippen LogP contribution in [-0.2, 0) is 14.4 Å². The molecule has 0 aromatic heterocycles. The number of nitrogens with zero attached hydrogens (tertiary/aromatic N) is 1. The lowest BCUT2D eigenvalue weighted by Gasteiger charge is -2.28. The van der Waals surface area contributed by atoms with Gasteiger partial charge in [-0.3, -0.25) is 14.9 Å². The Hall–Kier alpha value is -2.12. The number of imide groups is 1. The molecule has 1 aliphatic rings. The van der Waals surface area contributed by atoms with Gasteiger partial charge in [-0.2, -0.15) is 0 Å².